The fraction of sp³-hybridized carbons (Fsp3) is 0.316. The van der Waals surface area contributed by atoms with E-state index in [-0.39, 0.29) is 23.3 Å². The van der Waals surface area contributed by atoms with Crippen LogP contribution in [-0.2, 0) is 14.8 Å². The van der Waals surface area contributed by atoms with Crippen molar-refractivity contribution in [2.45, 2.75) is 17.7 Å². The van der Waals surface area contributed by atoms with Gasteiger partial charge in [0.2, 0.25) is 15.9 Å². The number of hydrogen-bond acceptors (Lipinski definition) is 3. The van der Waals surface area contributed by atoms with Gasteiger partial charge < -0.3 is 4.90 Å². The summed E-state index contributed by atoms with van der Waals surface area (Å²) in [6, 6.07) is 17.8. The van der Waals surface area contributed by atoms with Crippen LogP contribution in [0.1, 0.15) is 12.8 Å². The molecule has 1 fully saturated rings. The molecule has 1 heterocycles. The number of para-hydroxylation sites is 1. The summed E-state index contributed by atoms with van der Waals surface area (Å²) in [5, 5.41) is 0. The average molecular weight is 358 g/mol. The van der Waals surface area contributed by atoms with Gasteiger partial charge in [0, 0.05) is 25.8 Å². The maximum Gasteiger partial charge on any atom is 0.243 e. The van der Waals surface area contributed by atoms with E-state index in [9.17, 15) is 13.2 Å². The highest BCUT2D eigenvalue weighted by atomic mass is 32.2. The second-order valence-corrected chi connectivity index (χ2v) is 8.19. The minimum atomic E-state index is -3.56. The minimum absolute atomic E-state index is 0.0424. The molecule has 0 bridgehead atoms. The maximum atomic E-state index is 12.8. The summed E-state index contributed by atoms with van der Waals surface area (Å²) in [6.07, 6.45) is 1.39. The summed E-state index contributed by atoms with van der Waals surface area (Å²) in [7, 11) is -1.82. The minimum Gasteiger partial charge on any atom is -0.315 e. The zero-order valence-electron chi connectivity index (χ0n) is 14.2. The van der Waals surface area contributed by atoms with Crippen LogP contribution < -0.4 is 4.90 Å². The Hall–Kier alpha value is -2.18. The molecule has 1 aliphatic heterocycles. The first kappa shape index (κ1) is 17.6. The molecule has 0 aromatic heterocycles. The zero-order chi connectivity index (χ0) is 17.9. The molecular weight excluding hydrogens is 336 g/mol. The second-order valence-electron chi connectivity index (χ2n) is 6.25. The van der Waals surface area contributed by atoms with Crippen LogP contribution >= 0.6 is 0 Å². The molecule has 132 valence electrons. The van der Waals surface area contributed by atoms with Crippen molar-refractivity contribution in [3.63, 3.8) is 0 Å². The van der Waals surface area contributed by atoms with Gasteiger partial charge in [-0.05, 0) is 37.1 Å². The van der Waals surface area contributed by atoms with E-state index in [0.29, 0.717) is 19.4 Å². The van der Waals surface area contributed by atoms with Crippen LogP contribution in [0.15, 0.2) is 65.6 Å². The molecule has 1 saturated heterocycles. The Morgan fingerprint density at radius 2 is 1.64 bits per heavy atom. The number of nitrogens with zero attached hydrogens (tertiary/aromatic N) is 2. The monoisotopic (exact) mass is 358 g/mol. The maximum absolute atomic E-state index is 12.8. The van der Waals surface area contributed by atoms with Crippen LogP contribution in [0, 0.1) is 5.92 Å². The Labute approximate surface area is 148 Å². The van der Waals surface area contributed by atoms with Gasteiger partial charge in [-0.15, -0.1) is 0 Å². The molecule has 0 saturated carbocycles. The topological polar surface area (TPSA) is 57.7 Å². The normalized spacial score (nSPS) is 18.7. The smallest absolute Gasteiger partial charge is 0.243 e. The van der Waals surface area contributed by atoms with Crippen LogP contribution in [0.4, 0.5) is 5.69 Å². The molecule has 0 aliphatic carbocycles. The molecule has 3 rings (SSSR count). The first-order valence-electron chi connectivity index (χ1n) is 8.38. The summed E-state index contributed by atoms with van der Waals surface area (Å²) in [4.78, 5) is 14.7. The van der Waals surface area contributed by atoms with Crippen LogP contribution in [0.3, 0.4) is 0 Å². The van der Waals surface area contributed by atoms with Crippen LogP contribution in [-0.4, -0.2) is 38.8 Å². The van der Waals surface area contributed by atoms with Gasteiger partial charge in [-0.2, -0.15) is 4.31 Å². The lowest BCUT2D eigenvalue weighted by atomic mass is 9.98. The molecule has 1 atom stereocenters. The lowest BCUT2D eigenvalue weighted by molar-refractivity contribution is -0.123. The number of amides is 1. The Balaban J connectivity index is 1.76. The number of anilines is 1. The van der Waals surface area contributed by atoms with E-state index in [2.05, 4.69) is 0 Å². The summed E-state index contributed by atoms with van der Waals surface area (Å²) < 4.78 is 27.0. The second kappa shape index (κ2) is 7.37. The highest BCUT2D eigenvalue weighted by Gasteiger charge is 2.34. The molecule has 0 N–H and O–H groups in total. The number of piperidine rings is 1. The molecule has 1 amide bonds. The average Bonchev–Trinajstić information content (AvgIpc) is 2.68. The van der Waals surface area contributed by atoms with Crippen molar-refractivity contribution >= 4 is 21.6 Å². The van der Waals surface area contributed by atoms with Crippen molar-refractivity contribution in [3.8, 4) is 0 Å². The van der Waals surface area contributed by atoms with Crippen LogP contribution in [0.2, 0.25) is 0 Å². The van der Waals surface area contributed by atoms with Crippen molar-refractivity contribution in [2.75, 3.05) is 25.0 Å². The van der Waals surface area contributed by atoms with Crippen molar-refractivity contribution in [2.24, 2.45) is 5.92 Å². The standard InChI is InChI=1S/C19H22N2O3S/c1-20(17-10-4-2-5-11-17)19(22)16-9-8-14-21(15-16)25(23,24)18-12-6-3-7-13-18/h2-7,10-13,16H,8-9,14-15H2,1H3/t16-/m1/s1. The molecule has 2 aromatic rings. The number of rotatable bonds is 4. The first-order valence-corrected chi connectivity index (χ1v) is 9.82. The van der Waals surface area contributed by atoms with Crippen molar-refractivity contribution in [1.82, 2.24) is 4.31 Å². The third kappa shape index (κ3) is 3.75. The van der Waals surface area contributed by atoms with Gasteiger partial charge in [-0.1, -0.05) is 36.4 Å². The molecule has 5 nitrogen and oxygen atoms in total. The fourth-order valence-electron chi connectivity index (χ4n) is 3.16. The number of sulfonamides is 1. The molecule has 6 heteroatoms. The number of carbonyl (C=O) groups is 1. The Bertz CT molecular complexity index is 822. The molecule has 1 aliphatic rings. The molecular formula is C19H22N2O3S. The van der Waals surface area contributed by atoms with E-state index >= 15 is 0 Å². The van der Waals surface area contributed by atoms with Gasteiger partial charge in [-0.25, -0.2) is 8.42 Å². The van der Waals surface area contributed by atoms with Crippen molar-refractivity contribution < 1.29 is 13.2 Å². The fourth-order valence-corrected chi connectivity index (χ4v) is 4.70. The third-order valence-corrected chi connectivity index (χ3v) is 6.47. The lowest BCUT2D eigenvalue weighted by Crippen LogP contribution is -2.45. The summed E-state index contributed by atoms with van der Waals surface area (Å²) >= 11 is 0. The first-order chi connectivity index (χ1) is 12.0. The van der Waals surface area contributed by atoms with Gasteiger partial charge in [0.25, 0.3) is 0 Å². The quantitative estimate of drug-likeness (QED) is 0.844. The van der Waals surface area contributed by atoms with Gasteiger partial charge in [0.05, 0.1) is 10.8 Å². The summed E-state index contributed by atoms with van der Waals surface area (Å²) in [6.45, 7) is 0.684. The van der Waals surface area contributed by atoms with Gasteiger partial charge >= 0.3 is 0 Å². The predicted octanol–water partition coefficient (Wildman–Crippen LogP) is 2.75. The van der Waals surface area contributed by atoms with Gasteiger partial charge in [0.15, 0.2) is 0 Å². The van der Waals surface area contributed by atoms with Crippen molar-refractivity contribution in [1.29, 1.82) is 0 Å². The SMILES string of the molecule is CN(C(=O)[C@@H]1CCCN(S(=O)(=O)c2ccccc2)C1)c1ccccc1. The Morgan fingerprint density at radius 3 is 2.28 bits per heavy atom. The highest BCUT2D eigenvalue weighted by Crippen LogP contribution is 2.26. The molecule has 0 spiro atoms. The molecule has 25 heavy (non-hydrogen) atoms. The van der Waals surface area contributed by atoms with Crippen molar-refractivity contribution in [3.05, 3.63) is 60.7 Å². The summed E-state index contributed by atoms with van der Waals surface area (Å²) in [5.41, 5.74) is 0.815. The Kier molecular flexibility index (Phi) is 5.20. The molecule has 0 radical (unpaired) electrons. The third-order valence-electron chi connectivity index (χ3n) is 4.59. The van der Waals surface area contributed by atoms with E-state index < -0.39 is 10.0 Å². The van der Waals surface area contributed by atoms with Crippen LogP contribution in [0.25, 0.3) is 0 Å². The zero-order valence-corrected chi connectivity index (χ0v) is 15.0. The largest absolute Gasteiger partial charge is 0.315 e. The van der Waals surface area contributed by atoms with E-state index in [0.717, 1.165) is 5.69 Å². The van der Waals surface area contributed by atoms with E-state index in [4.69, 9.17) is 0 Å². The lowest BCUT2D eigenvalue weighted by Gasteiger charge is -2.33. The molecule has 2 aromatic carbocycles. The van der Waals surface area contributed by atoms with Gasteiger partial charge in [-0.3, -0.25) is 4.79 Å². The van der Waals surface area contributed by atoms with E-state index in [1.165, 1.54) is 4.31 Å². The van der Waals surface area contributed by atoms with E-state index in [1.807, 2.05) is 30.3 Å². The number of hydrogen-bond donors (Lipinski definition) is 0. The van der Waals surface area contributed by atoms with E-state index in [1.54, 1.807) is 42.3 Å². The number of benzene rings is 2. The Morgan fingerprint density at radius 1 is 1.04 bits per heavy atom. The predicted molar refractivity (Wildman–Crippen MR) is 97.8 cm³/mol. The van der Waals surface area contributed by atoms with Gasteiger partial charge in [0.1, 0.15) is 0 Å². The summed E-state index contributed by atoms with van der Waals surface area (Å²) in [5.74, 6) is -0.364. The molecule has 0 unspecified atom stereocenters. The highest BCUT2D eigenvalue weighted by molar-refractivity contribution is 7.89. The number of carbonyl (C=O) groups excluding carboxylic acids is 1. The van der Waals surface area contributed by atoms with Crippen LogP contribution in [0.5, 0.6) is 0 Å².